The number of aliphatic hydroxyl groups is 1. The van der Waals surface area contributed by atoms with Gasteiger partial charge in [0, 0.05) is 6.42 Å². The quantitative estimate of drug-likeness (QED) is 0.0243. The standard InChI is InChI=1S/C68H137N2O6P/c1-6-8-10-12-14-16-18-20-22-24-26-28-30-32-33-34-35-36-37-38-40-42-44-46-48-50-52-54-56-58-60-62-68(72)69-66(65-76-77(73,74)75-64-63-70(3,4)5)67(71)61-59-57-55-53-51-49-47-45-43-41-39-31-29-27-25-23-21-19-17-15-13-11-9-7-2/h32-33,66-67,71H,6-31,34-65H2,1-5H3,(H-,69,72,73,74)/p+1/b33-32-. The van der Waals surface area contributed by atoms with Crippen molar-refractivity contribution in [3.05, 3.63) is 12.2 Å². The number of rotatable bonds is 65. The van der Waals surface area contributed by atoms with Crippen molar-refractivity contribution in [2.45, 2.75) is 379 Å². The van der Waals surface area contributed by atoms with Gasteiger partial charge in [-0.3, -0.25) is 13.8 Å². The van der Waals surface area contributed by atoms with Crippen LogP contribution in [-0.4, -0.2) is 73.4 Å². The molecule has 0 heterocycles. The number of unbranched alkanes of at least 4 members (excludes halogenated alkanes) is 50. The zero-order chi connectivity index (χ0) is 56.3. The zero-order valence-electron chi connectivity index (χ0n) is 52.7. The molecule has 1 amide bonds. The molecule has 460 valence electrons. The Labute approximate surface area is 482 Å². The fourth-order valence-corrected chi connectivity index (χ4v) is 11.6. The fourth-order valence-electron chi connectivity index (χ4n) is 10.9. The lowest BCUT2D eigenvalue weighted by Crippen LogP contribution is -2.46. The lowest BCUT2D eigenvalue weighted by atomic mass is 10.0. The summed E-state index contributed by atoms with van der Waals surface area (Å²) in [5.41, 5.74) is 0. The van der Waals surface area contributed by atoms with Gasteiger partial charge >= 0.3 is 7.82 Å². The van der Waals surface area contributed by atoms with Crippen molar-refractivity contribution in [3.8, 4) is 0 Å². The minimum Gasteiger partial charge on any atom is -0.391 e. The molecule has 8 nitrogen and oxygen atoms in total. The largest absolute Gasteiger partial charge is 0.472 e. The average molecular weight is 1110 g/mol. The van der Waals surface area contributed by atoms with Gasteiger partial charge in [-0.25, -0.2) is 4.57 Å². The van der Waals surface area contributed by atoms with Crippen LogP contribution in [0.5, 0.6) is 0 Å². The third-order valence-corrected chi connectivity index (χ3v) is 17.2. The number of carbonyl (C=O) groups is 1. The summed E-state index contributed by atoms with van der Waals surface area (Å²) in [5, 5.41) is 14.1. The molecule has 3 N–H and O–H groups in total. The first-order valence-electron chi connectivity index (χ1n) is 34.6. The molecular formula is C68H138N2O6P+. The second-order valence-electron chi connectivity index (χ2n) is 25.3. The Morgan fingerprint density at radius 2 is 0.701 bits per heavy atom. The molecule has 0 aromatic carbocycles. The van der Waals surface area contributed by atoms with Crippen molar-refractivity contribution < 1.29 is 32.9 Å². The number of nitrogens with zero attached hydrogens (tertiary/aromatic N) is 1. The highest BCUT2D eigenvalue weighted by Crippen LogP contribution is 2.43. The van der Waals surface area contributed by atoms with E-state index in [1.165, 1.54) is 302 Å². The highest BCUT2D eigenvalue weighted by atomic mass is 31.2. The van der Waals surface area contributed by atoms with E-state index in [9.17, 15) is 19.4 Å². The second kappa shape index (κ2) is 59.8. The SMILES string of the molecule is CCCCCCCCCCCCCC/C=C\CCCCCCCCCCCCCCCCCC(=O)NC(COP(=O)(O)OCC[N+](C)(C)C)C(O)CCCCCCCCCCCCCCCCCCCCCCCCCC. The van der Waals surface area contributed by atoms with Crippen molar-refractivity contribution in [1.29, 1.82) is 0 Å². The average Bonchev–Trinajstić information content (AvgIpc) is 3.39. The van der Waals surface area contributed by atoms with E-state index in [1.807, 2.05) is 21.1 Å². The van der Waals surface area contributed by atoms with Gasteiger partial charge in [0.2, 0.25) is 5.91 Å². The van der Waals surface area contributed by atoms with Crippen LogP contribution >= 0.6 is 7.82 Å². The maximum atomic E-state index is 13.1. The lowest BCUT2D eigenvalue weighted by Gasteiger charge is -2.26. The van der Waals surface area contributed by atoms with Gasteiger partial charge in [0.25, 0.3) is 0 Å². The minimum atomic E-state index is -4.33. The van der Waals surface area contributed by atoms with Crippen LogP contribution in [0.25, 0.3) is 0 Å². The van der Waals surface area contributed by atoms with E-state index in [2.05, 4.69) is 31.3 Å². The molecule has 0 radical (unpaired) electrons. The predicted octanol–water partition coefficient (Wildman–Crippen LogP) is 21.7. The molecule has 3 atom stereocenters. The summed E-state index contributed by atoms with van der Waals surface area (Å²) in [6.45, 7) is 4.96. The number of aliphatic hydroxyl groups excluding tert-OH is 1. The van der Waals surface area contributed by atoms with E-state index in [4.69, 9.17) is 9.05 Å². The number of allylic oxidation sites excluding steroid dienone is 2. The Hall–Kier alpha value is -0.760. The van der Waals surface area contributed by atoms with Crippen LogP contribution in [-0.2, 0) is 18.4 Å². The Kier molecular flexibility index (Phi) is 59.3. The molecule has 3 unspecified atom stereocenters. The van der Waals surface area contributed by atoms with E-state index < -0.39 is 20.0 Å². The smallest absolute Gasteiger partial charge is 0.391 e. The van der Waals surface area contributed by atoms with Crippen LogP contribution < -0.4 is 5.32 Å². The van der Waals surface area contributed by atoms with Gasteiger partial charge < -0.3 is 19.8 Å². The first-order valence-corrected chi connectivity index (χ1v) is 36.0. The highest BCUT2D eigenvalue weighted by Gasteiger charge is 2.28. The molecule has 9 heteroatoms. The fraction of sp³-hybridized carbons (Fsp3) is 0.956. The molecule has 0 fully saturated rings. The molecule has 0 spiro atoms. The first kappa shape index (κ1) is 76.2. The predicted molar refractivity (Wildman–Crippen MR) is 337 cm³/mol. The Bertz CT molecular complexity index is 1260. The van der Waals surface area contributed by atoms with Crippen molar-refractivity contribution in [2.24, 2.45) is 0 Å². The summed E-state index contributed by atoms with van der Waals surface area (Å²) in [4.78, 5) is 23.4. The van der Waals surface area contributed by atoms with E-state index in [0.29, 0.717) is 23.9 Å². The van der Waals surface area contributed by atoms with E-state index in [-0.39, 0.29) is 19.1 Å². The van der Waals surface area contributed by atoms with Gasteiger partial charge in [0.15, 0.2) is 0 Å². The second-order valence-corrected chi connectivity index (χ2v) is 26.7. The van der Waals surface area contributed by atoms with E-state index in [1.54, 1.807) is 0 Å². The molecule has 0 aliphatic heterocycles. The van der Waals surface area contributed by atoms with Crippen molar-refractivity contribution in [3.63, 3.8) is 0 Å². The van der Waals surface area contributed by atoms with Crippen LogP contribution in [0.15, 0.2) is 12.2 Å². The van der Waals surface area contributed by atoms with E-state index >= 15 is 0 Å². The third kappa shape index (κ3) is 62.7. The van der Waals surface area contributed by atoms with Gasteiger partial charge in [-0.05, 0) is 38.5 Å². The molecular weight excluding hydrogens is 972 g/mol. The molecule has 0 aromatic heterocycles. The molecule has 0 aromatic rings. The molecule has 0 aliphatic carbocycles. The van der Waals surface area contributed by atoms with E-state index in [0.717, 1.165) is 38.5 Å². The molecule has 0 bridgehead atoms. The Balaban J connectivity index is 4.00. The normalized spacial score (nSPS) is 13.7. The number of amides is 1. The number of hydrogen-bond acceptors (Lipinski definition) is 5. The molecule has 0 aliphatic rings. The topological polar surface area (TPSA) is 105 Å². The molecule has 77 heavy (non-hydrogen) atoms. The van der Waals surface area contributed by atoms with Gasteiger partial charge in [-0.1, -0.05) is 334 Å². The van der Waals surface area contributed by atoms with Crippen LogP contribution in [0.2, 0.25) is 0 Å². The first-order chi connectivity index (χ1) is 37.5. The maximum Gasteiger partial charge on any atom is 0.472 e. The van der Waals surface area contributed by atoms with Crippen molar-refractivity contribution in [1.82, 2.24) is 5.32 Å². The Morgan fingerprint density at radius 3 is 1.00 bits per heavy atom. The molecule has 0 saturated heterocycles. The van der Waals surface area contributed by atoms with Gasteiger partial charge in [-0.2, -0.15) is 0 Å². The van der Waals surface area contributed by atoms with Crippen LogP contribution in [0.4, 0.5) is 0 Å². The summed E-state index contributed by atoms with van der Waals surface area (Å²) < 4.78 is 23.9. The summed E-state index contributed by atoms with van der Waals surface area (Å²) >= 11 is 0. The van der Waals surface area contributed by atoms with Crippen molar-refractivity contribution in [2.75, 3.05) is 40.9 Å². The number of phosphoric acid groups is 1. The Morgan fingerprint density at radius 1 is 0.429 bits per heavy atom. The molecule has 0 rings (SSSR count). The molecule has 0 saturated carbocycles. The summed E-state index contributed by atoms with van der Waals surface area (Å²) in [6.07, 6.45) is 76.0. The number of carbonyl (C=O) groups excluding carboxylic acids is 1. The van der Waals surface area contributed by atoms with Gasteiger partial charge in [0.05, 0.1) is 39.9 Å². The third-order valence-electron chi connectivity index (χ3n) is 16.3. The highest BCUT2D eigenvalue weighted by molar-refractivity contribution is 7.47. The van der Waals surface area contributed by atoms with Gasteiger partial charge in [-0.15, -0.1) is 0 Å². The number of hydrogen-bond donors (Lipinski definition) is 3. The lowest BCUT2D eigenvalue weighted by molar-refractivity contribution is -0.870. The number of phosphoric ester groups is 1. The van der Waals surface area contributed by atoms with Crippen molar-refractivity contribution >= 4 is 13.7 Å². The summed E-state index contributed by atoms with van der Waals surface area (Å²) in [5.74, 6) is -0.136. The number of quaternary nitrogens is 1. The summed E-state index contributed by atoms with van der Waals surface area (Å²) in [7, 11) is 1.64. The minimum absolute atomic E-state index is 0.0780. The number of nitrogens with one attached hydrogen (secondary N) is 1. The zero-order valence-corrected chi connectivity index (χ0v) is 53.6. The van der Waals surface area contributed by atoms with Gasteiger partial charge in [0.1, 0.15) is 13.2 Å². The van der Waals surface area contributed by atoms with Crippen LogP contribution in [0.3, 0.4) is 0 Å². The maximum absolute atomic E-state index is 13.1. The number of likely N-dealkylation sites (N-methyl/N-ethyl adjacent to an activating group) is 1. The monoisotopic (exact) mass is 1110 g/mol. The van der Waals surface area contributed by atoms with Crippen LogP contribution in [0.1, 0.15) is 367 Å². The summed E-state index contributed by atoms with van der Waals surface area (Å²) in [6, 6.07) is -0.759. The van der Waals surface area contributed by atoms with Crippen LogP contribution in [0, 0.1) is 0 Å².